The van der Waals surface area contributed by atoms with E-state index < -0.39 is 0 Å². The van der Waals surface area contributed by atoms with Crippen LogP contribution in [0.5, 0.6) is 0 Å². The fourth-order valence-electron chi connectivity index (χ4n) is 3.37. The molecule has 116 valence electrons. The fourth-order valence-corrected chi connectivity index (χ4v) is 4.25. The van der Waals surface area contributed by atoms with Gasteiger partial charge >= 0.3 is 0 Å². The minimum Gasteiger partial charge on any atom is -0.369 e. The van der Waals surface area contributed by atoms with Gasteiger partial charge in [-0.05, 0) is 62.1 Å². The Morgan fingerprint density at radius 2 is 1.95 bits per heavy atom. The van der Waals surface area contributed by atoms with Gasteiger partial charge in [0.15, 0.2) is 5.82 Å². The number of rotatable bonds is 4. The molecule has 1 aliphatic heterocycles. The molecule has 0 amide bonds. The number of ether oxygens (including phenoxy) is 1. The zero-order valence-corrected chi connectivity index (χ0v) is 15.0. The molecule has 1 saturated carbocycles. The molecule has 0 radical (unpaired) electrons. The van der Waals surface area contributed by atoms with Gasteiger partial charge < -0.3 is 10.1 Å². The number of hydrogen-bond acceptors (Lipinski definition) is 4. The zero-order valence-electron chi connectivity index (χ0n) is 12.9. The van der Waals surface area contributed by atoms with E-state index in [1.165, 1.54) is 34.9 Å². The van der Waals surface area contributed by atoms with Crippen LogP contribution in [0.25, 0.3) is 0 Å². The average Bonchev–Trinajstić information content (AvgIpc) is 3.12. The van der Waals surface area contributed by atoms with E-state index in [0.717, 1.165) is 31.0 Å². The van der Waals surface area contributed by atoms with Crippen LogP contribution in [0.4, 0.5) is 5.82 Å². The summed E-state index contributed by atoms with van der Waals surface area (Å²) in [5.74, 6) is 2.49. The van der Waals surface area contributed by atoms with Crippen LogP contribution in [0, 0.1) is 3.57 Å². The normalized spacial score (nSPS) is 26.4. The average molecular weight is 401 g/mol. The third-order valence-electron chi connectivity index (χ3n) is 4.50. The van der Waals surface area contributed by atoms with Crippen molar-refractivity contribution in [1.82, 2.24) is 9.97 Å². The third kappa shape index (κ3) is 3.33. The van der Waals surface area contributed by atoms with Gasteiger partial charge in [-0.3, -0.25) is 0 Å². The van der Waals surface area contributed by atoms with Gasteiger partial charge in [-0.25, -0.2) is 9.97 Å². The van der Waals surface area contributed by atoms with Crippen LogP contribution < -0.4 is 5.32 Å². The van der Waals surface area contributed by atoms with Gasteiger partial charge in [0.2, 0.25) is 0 Å². The molecule has 1 saturated heterocycles. The van der Waals surface area contributed by atoms with Gasteiger partial charge in [-0.1, -0.05) is 12.8 Å². The second-order valence-electron chi connectivity index (χ2n) is 6.15. The minimum absolute atomic E-state index is 0.0783. The maximum atomic E-state index is 5.98. The second kappa shape index (κ2) is 6.77. The molecule has 5 heteroatoms. The first-order chi connectivity index (χ1) is 10.2. The number of anilines is 1. The van der Waals surface area contributed by atoms with Crippen molar-refractivity contribution in [2.75, 3.05) is 11.9 Å². The highest BCUT2D eigenvalue weighted by molar-refractivity contribution is 14.1. The second-order valence-corrected chi connectivity index (χ2v) is 7.23. The molecule has 0 spiro atoms. The molecule has 1 aromatic rings. The van der Waals surface area contributed by atoms with Crippen molar-refractivity contribution < 1.29 is 4.74 Å². The van der Waals surface area contributed by atoms with Crippen molar-refractivity contribution >= 4 is 28.4 Å². The van der Waals surface area contributed by atoms with Gasteiger partial charge in [0.05, 0.1) is 15.4 Å². The summed E-state index contributed by atoms with van der Waals surface area (Å²) in [5, 5.41) is 3.40. The van der Waals surface area contributed by atoms with E-state index in [-0.39, 0.29) is 6.10 Å². The molecule has 2 heterocycles. The highest BCUT2D eigenvalue weighted by Gasteiger charge is 2.29. The first kappa shape index (κ1) is 15.5. The Hall–Kier alpha value is -0.430. The monoisotopic (exact) mass is 401 g/mol. The molecule has 1 N–H and O–H groups in total. The lowest BCUT2D eigenvalue weighted by Gasteiger charge is -2.18. The van der Waals surface area contributed by atoms with Crippen LogP contribution in [-0.2, 0) is 4.74 Å². The largest absolute Gasteiger partial charge is 0.369 e. The predicted molar refractivity (Wildman–Crippen MR) is 92.6 cm³/mol. The van der Waals surface area contributed by atoms with Crippen molar-refractivity contribution in [1.29, 1.82) is 0 Å². The summed E-state index contributed by atoms with van der Waals surface area (Å²) < 4.78 is 7.19. The van der Waals surface area contributed by atoms with Gasteiger partial charge in [-0.2, -0.15) is 0 Å². The maximum absolute atomic E-state index is 5.98. The molecule has 3 rings (SSSR count). The molecule has 2 atom stereocenters. The first-order valence-electron chi connectivity index (χ1n) is 8.15. The highest BCUT2D eigenvalue weighted by atomic mass is 127. The lowest BCUT2D eigenvalue weighted by Crippen LogP contribution is -2.14. The standard InChI is InChI=1S/C16H24IN3O/c1-3-18-16-13(17)14(11-6-4-5-7-11)19-15(20-16)12-9-8-10(2)21-12/h10-12H,3-9H2,1-2H3,(H,18,19,20). The van der Waals surface area contributed by atoms with Gasteiger partial charge in [0, 0.05) is 12.5 Å². The van der Waals surface area contributed by atoms with E-state index in [4.69, 9.17) is 14.7 Å². The predicted octanol–water partition coefficient (Wildman–Crippen LogP) is 4.41. The van der Waals surface area contributed by atoms with Gasteiger partial charge in [0.1, 0.15) is 11.9 Å². The maximum Gasteiger partial charge on any atom is 0.159 e. The van der Waals surface area contributed by atoms with Crippen molar-refractivity contribution in [3.05, 3.63) is 15.1 Å². The summed E-state index contributed by atoms with van der Waals surface area (Å²) in [6, 6.07) is 0. The summed E-state index contributed by atoms with van der Waals surface area (Å²) >= 11 is 2.41. The number of nitrogens with one attached hydrogen (secondary N) is 1. The molecule has 2 fully saturated rings. The van der Waals surface area contributed by atoms with E-state index in [0.29, 0.717) is 12.0 Å². The van der Waals surface area contributed by atoms with Crippen LogP contribution in [-0.4, -0.2) is 22.6 Å². The highest BCUT2D eigenvalue weighted by Crippen LogP contribution is 2.39. The van der Waals surface area contributed by atoms with Crippen molar-refractivity contribution in [2.24, 2.45) is 0 Å². The van der Waals surface area contributed by atoms with Crippen molar-refractivity contribution in [2.45, 2.75) is 70.5 Å². The van der Waals surface area contributed by atoms with Crippen LogP contribution in [0.1, 0.15) is 75.9 Å². The Bertz CT molecular complexity index is 503. The van der Waals surface area contributed by atoms with Crippen molar-refractivity contribution in [3.8, 4) is 0 Å². The Morgan fingerprint density at radius 3 is 2.57 bits per heavy atom. The van der Waals surface area contributed by atoms with Crippen LogP contribution in [0.3, 0.4) is 0 Å². The Morgan fingerprint density at radius 1 is 1.19 bits per heavy atom. The van der Waals surface area contributed by atoms with E-state index in [1.807, 2.05) is 0 Å². The number of aromatic nitrogens is 2. The molecule has 1 aromatic heterocycles. The molecule has 2 unspecified atom stereocenters. The molecule has 0 bridgehead atoms. The number of nitrogens with zero attached hydrogens (tertiary/aromatic N) is 2. The van der Waals surface area contributed by atoms with Gasteiger partial charge in [-0.15, -0.1) is 0 Å². The molecular formula is C16H24IN3O. The molecule has 21 heavy (non-hydrogen) atoms. The molecule has 4 nitrogen and oxygen atoms in total. The smallest absolute Gasteiger partial charge is 0.159 e. The summed E-state index contributed by atoms with van der Waals surface area (Å²) in [6.45, 7) is 5.13. The SMILES string of the molecule is CCNc1nc(C2CCC(C)O2)nc(C2CCCC2)c1I. The lowest BCUT2D eigenvalue weighted by atomic mass is 10.0. The fraction of sp³-hybridized carbons (Fsp3) is 0.750. The quantitative estimate of drug-likeness (QED) is 0.760. The Labute approximate surface area is 140 Å². The third-order valence-corrected chi connectivity index (χ3v) is 5.56. The van der Waals surface area contributed by atoms with E-state index in [9.17, 15) is 0 Å². The first-order valence-corrected chi connectivity index (χ1v) is 9.23. The summed E-state index contributed by atoms with van der Waals surface area (Å²) in [4.78, 5) is 9.69. The van der Waals surface area contributed by atoms with Crippen LogP contribution >= 0.6 is 22.6 Å². The Kier molecular flexibility index (Phi) is 4.99. The molecule has 1 aliphatic carbocycles. The minimum atomic E-state index is 0.0783. The number of hydrogen-bond donors (Lipinski definition) is 1. The molecule has 0 aromatic carbocycles. The summed E-state index contributed by atoms with van der Waals surface area (Å²) in [6.07, 6.45) is 7.73. The van der Waals surface area contributed by atoms with Crippen LogP contribution in [0.2, 0.25) is 0 Å². The van der Waals surface area contributed by atoms with E-state index >= 15 is 0 Å². The van der Waals surface area contributed by atoms with Crippen molar-refractivity contribution in [3.63, 3.8) is 0 Å². The van der Waals surface area contributed by atoms with E-state index in [1.54, 1.807) is 0 Å². The summed E-state index contributed by atoms with van der Waals surface area (Å²) in [5.41, 5.74) is 1.25. The van der Waals surface area contributed by atoms with Crippen LogP contribution in [0.15, 0.2) is 0 Å². The molecular weight excluding hydrogens is 377 g/mol. The van der Waals surface area contributed by atoms with E-state index in [2.05, 4.69) is 41.8 Å². The topological polar surface area (TPSA) is 47.0 Å². The zero-order chi connectivity index (χ0) is 14.8. The van der Waals surface area contributed by atoms with Gasteiger partial charge in [0.25, 0.3) is 0 Å². The molecule has 2 aliphatic rings. The summed E-state index contributed by atoms with van der Waals surface area (Å²) in [7, 11) is 0. The Balaban J connectivity index is 1.95. The lowest BCUT2D eigenvalue weighted by molar-refractivity contribution is 0.0501. The number of halogens is 1.